The van der Waals surface area contributed by atoms with E-state index in [-0.39, 0.29) is 0 Å². The maximum Gasteiger partial charge on any atom is 0.205 e. The Hall–Kier alpha value is -1.10. The van der Waals surface area contributed by atoms with Crippen molar-refractivity contribution in [1.29, 1.82) is 5.26 Å². The first-order chi connectivity index (χ1) is 3.85. The van der Waals surface area contributed by atoms with Gasteiger partial charge in [-0.05, 0) is 12.5 Å². The van der Waals surface area contributed by atoms with E-state index >= 15 is 0 Å². The van der Waals surface area contributed by atoms with Gasteiger partial charge in [-0.3, -0.25) is 0 Å². The fourth-order valence-electron chi connectivity index (χ4n) is 0.333. The molecule has 0 heterocycles. The van der Waals surface area contributed by atoms with Crippen LogP contribution in [-0.4, -0.2) is 5.71 Å². The quantitative estimate of drug-likeness (QED) is 0.390. The second-order valence-corrected chi connectivity index (χ2v) is 1.26. The van der Waals surface area contributed by atoms with E-state index in [1.165, 1.54) is 0 Å². The van der Waals surface area contributed by atoms with Crippen LogP contribution in [0.1, 0.15) is 13.3 Å². The van der Waals surface area contributed by atoms with E-state index in [0.29, 0.717) is 0 Å². The van der Waals surface area contributed by atoms with E-state index in [2.05, 4.69) is 11.6 Å². The molecule has 0 saturated heterocycles. The van der Waals surface area contributed by atoms with Crippen molar-refractivity contribution in [3.63, 3.8) is 0 Å². The Labute approximate surface area is 49.2 Å². The minimum atomic E-state index is 0.743. The SMILES string of the molecule is C=CC(CC)=NC#N. The van der Waals surface area contributed by atoms with Gasteiger partial charge in [0.15, 0.2) is 0 Å². The molecule has 2 nitrogen and oxygen atoms in total. The molecule has 0 amide bonds. The highest BCUT2D eigenvalue weighted by Gasteiger charge is 1.83. The van der Waals surface area contributed by atoms with Crippen molar-refractivity contribution >= 4 is 5.71 Å². The highest BCUT2D eigenvalue weighted by molar-refractivity contribution is 5.94. The Morgan fingerprint density at radius 2 is 2.62 bits per heavy atom. The molecule has 2 heteroatoms. The molecule has 0 fully saturated rings. The second kappa shape index (κ2) is 4.07. The van der Waals surface area contributed by atoms with Crippen molar-refractivity contribution in [3.05, 3.63) is 12.7 Å². The summed E-state index contributed by atoms with van der Waals surface area (Å²) in [6, 6.07) is 0. The second-order valence-electron chi connectivity index (χ2n) is 1.26. The molecule has 0 rings (SSSR count). The van der Waals surface area contributed by atoms with Crippen LogP contribution in [0.5, 0.6) is 0 Å². The third-order valence-corrected chi connectivity index (χ3v) is 0.791. The fourth-order valence-corrected chi connectivity index (χ4v) is 0.333. The van der Waals surface area contributed by atoms with Crippen molar-refractivity contribution in [2.24, 2.45) is 4.99 Å². The van der Waals surface area contributed by atoms with Crippen LogP contribution in [-0.2, 0) is 0 Å². The number of nitriles is 1. The van der Waals surface area contributed by atoms with E-state index < -0.39 is 0 Å². The van der Waals surface area contributed by atoms with Gasteiger partial charge in [-0.1, -0.05) is 13.5 Å². The fraction of sp³-hybridized carbons (Fsp3) is 0.333. The largest absolute Gasteiger partial charge is 0.205 e. The number of aliphatic imine (C=N–C) groups is 1. The van der Waals surface area contributed by atoms with Crippen molar-refractivity contribution in [1.82, 2.24) is 0 Å². The zero-order chi connectivity index (χ0) is 6.41. The molecule has 0 unspecified atom stereocenters. The summed E-state index contributed by atoms with van der Waals surface area (Å²) in [5.41, 5.74) is 0.743. The predicted molar refractivity (Wildman–Crippen MR) is 33.5 cm³/mol. The minimum Gasteiger partial charge on any atom is -0.178 e. The molecule has 42 valence electrons. The summed E-state index contributed by atoms with van der Waals surface area (Å²) in [5, 5.41) is 8.01. The Morgan fingerprint density at radius 3 is 2.75 bits per heavy atom. The molecule has 0 saturated carbocycles. The number of allylic oxidation sites excluding steroid dienone is 1. The van der Waals surface area contributed by atoms with E-state index in [0.717, 1.165) is 12.1 Å². The smallest absolute Gasteiger partial charge is 0.178 e. The first-order valence-electron chi connectivity index (χ1n) is 2.43. The van der Waals surface area contributed by atoms with Crippen molar-refractivity contribution in [2.75, 3.05) is 0 Å². The van der Waals surface area contributed by atoms with Crippen LogP contribution >= 0.6 is 0 Å². The lowest BCUT2D eigenvalue weighted by Crippen LogP contribution is -1.86. The maximum atomic E-state index is 8.01. The normalized spacial score (nSPS) is 10.2. The lowest BCUT2D eigenvalue weighted by atomic mass is 10.3. The van der Waals surface area contributed by atoms with E-state index in [9.17, 15) is 0 Å². The molecule has 0 aromatic carbocycles. The summed E-state index contributed by atoms with van der Waals surface area (Å²) >= 11 is 0. The van der Waals surface area contributed by atoms with Gasteiger partial charge in [0, 0.05) is 0 Å². The summed E-state index contributed by atoms with van der Waals surface area (Å²) in [4.78, 5) is 3.47. The number of rotatable bonds is 2. The minimum absolute atomic E-state index is 0.743. The molecular weight excluding hydrogens is 100 g/mol. The van der Waals surface area contributed by atoms with Crippen molar-refractivity contribution in [3.8, 4) is 6.19 Å². The standard InChI is InChI=1S/C6H8N2/c1-3-6(4-2)8-5-7/h3H,1,4H2,2H3. The van der Waals surface area contributed by atoms with Gasteiger partial charge < -0.3 is 0 Å². The monoisotopic (exact) mass is 108 g/mol. The third kappa shape index (κ3) is 2.14. The Bertz CT molecular complexity index is 139. The lowest BCUT2D eigenvalue weighted by Gasteiger charge is -1.84. The molecule has 0 atom stereocenters. The summed E-state index contributed by atoms with van der Waals surface area (Å²) in [6.45, 7) is 5.40. The van der Waals surface area contributed by atoms with Gasteiger partial charge in [-0.25, -0.2) is 0 Å². The summed E-state index contributed by atoms with van der Waals surface area (Å²) in [6.07, 6.45) is 4.05. The number of hydrogen-bond donors (Lipinski definition) is 0. The average Bonchev–Trinajstić information content (AvgIpc) is 1.83. The molecule has 0 aromatic rings. The Kier molecular flexibility index (Phi) is 3.51. The maximum absolute atomic E-state index is 8.01. The highest BCUT2D eigenvalue weighted by atomic mass is 14.7. The van der Waals surface area contributed by atoms with Crippen LogP contribution in [0.4, 0.5) is 0 Å². The van der Waals surface area contributed by atoms with Crippen LogP contribution in [0, 0.1) is 11.5 Å². The van der Waals surface area contributed by atoms with E-state index in [1.54, 1.807) is 12.3 Å². The Morgan fingerprint density at radius 1 is 2.00 bits per heavy atom. The molecule has 0 aliphatic carbocycles. The summed E-state index contributed by atoms with van der Waals surface area (Å²) in [7, 11) is 0. The van der Waals surface area contributed by atoms with Crippen molar-refractivity contribution in [2.45, 2.75) is 13.3 Å². The lowest BCUT2D eigenvalue weighted by molar-refractivity contribution is 1.28. The molecule has 0 spiro atoms. The first-order valence-corrected chi connectivity index (χ1v) is 2.43. The molecule has 0 N–H and O–H groups in total. The molecule has 0 aliphatic heterocycles. The molecule has 0 radical (unpaired) electrons. The molecule has 0 bridgehead atoms. The Balaban J connectivity index is 3.91. The molecule has 8 heavy (non-hydrogen) atoms. The zero-order valence-corrected chi connectivity index (χ0v) is 4.89. The van der Waals surface area contributed by atoms with Crippen LogP contribution < -0.4 is 0 Å². The first kappa shape index (κ1) is 6.90. The van der Waals surface area contributed by atoms with Gasteiger partial charge in [0.25, 0.3) is 0 Å². The van der Waals surface area contributed by atoms with Crippen molar-refractivity contribution < 1.29 is 0 Å². The number of hydrogen-bond acceptors (Lipinski definition) is 2. The van der Waals surface area contributed by atoms with Gasteiger partial charge in [0.2, 0.25) is 6.19 Å². The van der Waals surface area contributed by atoms with Crippen LogP contribution in [0.15, 0.2) is 17.6 Å². The van der Waals surface area contributed by atoms with Crippen LogP contribution in [0.3, 0.4) is 0 Å². The van der Waals surface area contributed by atoms with Gasteiger partial charge in [0.05, 0.1) is 5.71 Å². The molecule has 0 aliphatic rings. The molecule has 0 aromatic heterocycles. The van der Waals surface area contributed by atoms with E-state index in [4.69, 9.17) is 5.26 Å². The summed E-state index contributed by atoms with van der Waals surface area (Å²) < 4.78 is 0. The third-order valence-electron chi connectivity index (χ3n) is 0.791. The topological polar surface area (TPSA) is 36.1 Å². The average molecular weight is 108 g/mol. The van der Waals surface area contributed by atoms with Gasteiger partial charge in [-0.15, -0.1) is 0 Å². The summed E-state index contributed by atoms with van der Waals surface area (Å²) in [5.74, 6) is 0. The molecular formula is C6H8N2. The van der Waals surface area contributed by atoms with Gasteiger partial charge >= 0.3 is 0 Å². The highest BCUT2D eigenvalue weighted by Crippen LogP contribution is 1.84. The zero-order valence-electron chi connectivity index (χ0n) is 4.89. The van der Waals surface area contributed by atoms with Gasteiger partial charge in [-0.2, -0.15) is 10.3 Å². The van der Waals surface area contributed by atoms with Gasteiger partial charge in [0.1, 0.15) is 0 Å². The number of nitrogens with zero attached hydrogens (tertiary/aromatic N) is 2. The predicted octanol–water partition coefficient (Wildman–Crippen LogP) is 1.50. The van der Waals surface area contributed by atoms with Crippen LogP contribution in [0.2, 0.25) is 0 Å². The van der Waals surface area contributed by atoms with Crippen LogP contribution in [0.25, 0.3) is 0 Å². The van der Waals surface area contributed by atoms with E-state index in [1.807, 2.05) is 6.92 Å².